The van der Waals surface area contributed by atoms with Crippen molar-refractivity contribution in [1.82, 2.24) is 10.6 Å². The largest absolute Gasteiger partial charge is 0.479 e. The minimum absolute atomic E-state index is 0.0855. The smallest absolute Gasteiger partial charge is 0.407 e. The normalized spacial score (nSPS) is 13.2. The zero-order valence-corrected chi connectivity index (χ0v) is 14.9. The molecule has 8 heteroatoms. The topological polar surface area (TPSA) is 125 Å². The maximum absolute atomic E-state index is 11.9. The van der Waals surface area contributed by atoms with Gasteiger partial charge in [-0.1, -0.05) is 48.5 Å². The monoisotopic (exact) mass is 384 g/mol. The molecule has 0 aromatic heterocycles. The van der Waals surface area contributed by atoms with Gasteiger partial charge in [0, 0.05) is 5.92 Å². The van der Waals surface area contributed by atoms with Crippen molar-refractivity contribution in [3.63, 3.8) is 0 Å². The molecule has 4 N–H and O–H groups in total. The van der Waals surface area contributed by atoms with Gasteiger partial charge in [-0.3, -0.25) is 4.79 Å². The number of aliphatic hydroxyl groups is 1. The quantitative estimate of drug-likeness (QED) is 0.566. The molecule has 0 spiro atoms. The van der Waals surface area contributed by atoms with E-state index in [4.69, 9.17) is 14.9 Å². The molecule has 0 aliphatic heterocycles. The number of carboxylic acids is 1. The Morgan fingerprint density at radius 2 is 1.54 bits per heavy atom. The Bertz CT molecular complexity index is 852. The third-order valence-corrected chi connectivity index (χ3v) is 4.51. The predicted molar refractivity (Wildman–Crippen MR) is 99.7 cm³/mol. The van der Waals surface area contributed by atoms with Crippen LogP contribution >= 0.6 is 0 Å². The van der Waals surface area contributed by atoms with Crippen LogP contribution in [-0.2, 0) is 14.3 Å². The van der Waals surface area contributed by atoms with Gasteiger partial charge in [0.2, 0.25) is 5.91 Å². The summed E-state index contributed by atoms with van der Waals surface area (Å²) in [5, 5.41) is 22.1. The number of fused-ring (bicyclic) bond motifs is 3. The fourth-order valence-corrected chi connectivity index (χ4v) is 3.16. The molecule has 1 atom stereocenters. The van der Waals surface area contributed by atoms with E-state index in [1.807, 2.05) is 48.5 Å². The van der Waals surface area contributed by atoms with Gasteiger partial charge in [0.25, 0.3) is 0 Å². The molecular formula is C20H20N2O6. The summed E-state index contributed by atoms with van der Waals surface area (Å²) in [5.74, 6) is -2.16. The van der Waals surface area contributed by atoms with Crippen LogP contribution in [0.1, 0.15) is 17.0 Å². The number of rotatable bonds is 7. The zero-order valence-electron chi connectivity index (χ0n) is 14.9. The predicted octanol–water partition coefficient (Wildman–Crippen LogP) is 1.09. The van der Waals surface area contributed by atoms with Crippen LogP contribution in [0.4, 0.5) is 4.79 Å². The van der Waals surface area contributed by atoms with Crippen LogP contribution in [0.25, 0.3) is 11.1 Å². The van der Waals surface area contributed by atoms with Crippen molar-refractivity contribution < 1.29 is 29.3 Å². The molecule has 2 aromatic rings. The number of alkyl carbamates (subject to hydrolysis) is 1. The fraction of sp³-hybridized carbons (Fsp3) is 0.250. The summed E-state index contributed by atoms with van der Waals surface area (Å²) < 4.78 is 5.28. The van der Waals surface area contributed by atoms with Crippen LogP contribution in [0.5, 0.6) is 0 Å². The number of amides is 2. The highest BCUT2D eigenvalue weighted by atomic mass is 16.5. The third kappa shape index (κ3) is 4.29. The molecule has 1 aliphatic rings. The average Bonchev–Trinajstić information content (AvgIpc) is 3.02. The minimum atomic E-state index is -1.70. The lowest BCUT2D eigenvalue weighted by molar-refractivity contribution is -0.146. The van der Waals surface area contributed by atoms with E-state index in [-0.39, 0.29) is 19.1 Å². The number of ether oxygens (including phenoxy) is 1. The van der Waals surface area contributed by atoms with Crippen molar-refractivity contribution >= 4 is 18.0 Å². The summed E-state index contributed by atoms with van der Waals surface area (Å²) in [5.41, 5.74) is 4.39. The summed E-state index contributed by atoms with van der Waals surface area (Å²) in [6.45, 7) is -0.706. The summed E-state index contributed by atoms with van der Waals surface area (Å²) in [7, 11) is 0. The van der Waals surface area contributed by atoms with Crippen molar-refractivity contribution in [3.05, 3.63) is 59.7 Å². The second kappa shape index (κ2) is 8.53. The van der Waals surface area contributed by atoms with Gasteiger partial charge in [-0.2, -0.15) is 0 Å². The zero-order chi connectivity index (χ0) is 20.1. The molecule has 0 heterocycles. The third-order valence-electron chi connectivity index (χ3n) is 4.51. The highest BCUT2D eigenvalue weighted by molar-refractivity contribution is 5.83. The average molecular weight is 384 g/mol. The van der Waals surface area contributed by atoms with Gasteiger partial charge in [0.1, 0.15) is 6.61 Å². The molecule has 0 radical (unpaired) electrons. The molecule has 3 rings (SSSR count). The van der Waals surface area contributed by atoms with Crippen molar-refractivity contribution in [3.8, 4) is 11.1 Å². The van der Waals surface area contributed by atoms with Crippen LogP contribution in [-0.4, -0.2) is 54.0 Å². The molecular weight excluding hydrogens is 364 g/mol. The molecule has 0 saturated carbocycles. The van der Waals surface area contributed by atoms with E-state index in [0.717, 1.165) is 22.3 Å². The highest BCUT2D eigenvalue weighted by Crippen LogP contribution is 2.44. The van der Waals surface area contributed by atoms with Gasteiger partial charge in [0.05, 0.1) is 13.1 Å². The van der Waals surface area contributed by atoms with E-state index in [2.05, 4.69) is 10.6 Å². The maximum atomic E-state index is 11.9. The summed E-state index contributed by atoms with van der Waals surface area (Å²) in [6, 6.07) is 15.9. The molecule has 28 heavy (non-hydrogen) atoms. The Kier molecular flexibility index (Phi) is 5.90. The molecule has 8 nitrogen and oxygen atoms in total. The molecule has 1 unspecified atom stereocenters. The van der Waals surface area contributed by atoms with E-state index < -0.39 is 30.6 Å². The van der Waals surface area contributed by atoms with Crippen LogP contribution in [0, 0.1) is 0 Å². The van der Waals surface area contributed by atoms with E-state index in [1.165, 1.54) is 0 Å². The lowest BCUT2D eigenvalue weighted by Crippen LogP contribution is -2.42. The fourth-order valence-electron chi connectivity index (χ4n) is 3.16. The number of carbonyl (C=O) groups excluding carboxylic acids is 2. The number of aliphatic carboxylic acids is 1. The first-order chi connectivity index (χ1) is 13.5. The van der Waals surface area contributed by atoms with Crippen LogP contribution < -0.4 is 10.6 Å². The Balaban J connectivity index is 1.51. The Hall–Kier alpha value is -3.39. The van der Waals surface area contributed by atoms with Crippen LogP contribution in [0.2, 0.25) is 0 Å². The number of carbonyl (C=O) groups is 3. The van der Waals surface area contributed by atoms with Gasteiger partial charge < -0.3 is 25.6 Å². The van der Waals surface area contributed by atoms with Crippen molar-refractivity contribution in [2.45, 2.75) is 12.0 Å². The summed E-state index contributed by atoms with van der Waals surface area (Å²) >= 11 is 0. The van der Waals surface area contributed by atoms with E-state index >= 15 is 0 Å². The van der Waals surface area contributed by atoms with Crippen molar-refractivity contribution in [2.24, 2.45) is 0 Å². The van der Waals surface area contributed by atoms with Gasteiger partial charge >= 0.3 is 12.1 Å². The van der Waals surface area contributed by atoms with E-state index in [9.17, 15) is 14.4 Å². The number of benzene rings is 2. The van der Waals surface area contributed by atoms with Crippen LogP contribution in [0.15, 0.2) is 48.5 Å². The highest BCUT2D eigenvalue weighted by Gasteiger charge is 2.29. The number of carboxylic acid groups (broad SMARTS) is 1. The van der Waals surface area contributed by atoms with Gasteiger partial charge in [-0.25, -0.2) is 9.59 Å². The lowest BCUT2D eigenvalue weighted by atomic mass is 9.98. The standard InChI is InChI=1S/C20H20N2O6/c23-17(19(25)26)9-21-18(24)10-22-20(27)28-11-16-14-7-3-1-5-12(14)13-6-2-4-8-15(13)16/h1-8,16-17,23H,9-11H2,(H,21,24)(H,22,27)(H,25,26). The van der Waals surface area contributed by atoms with Crippen molar-refractivity contribution in [1.29, 1.82) is 0 Å². The van der Waals surface area contributed by atoms with E-state index in [0.29, 0.717) is 0 Å². The number of aliphatic hydroxyl groups excluding tert-OH is 1. The molecule has 0 saturated heterocycles. The van der Waals surface area contributed by atoms with Crippen molar-refractivity contribution in [2.75, 3.05) is 19.7 Å². The molecule has 1 aliphatic carbocycles. The molecule has 0 bridgehead atoms. The molecule has 0 fully saturated rings. The Morgan fingerprint density at radius 3 is 2.11 bits per heavy atom. The second-order valence-corrected chi connectivity index (χ2v) is 6.34. The Labute approximate surface area is 161 Å². The second-order valence-electron chi connectivity index (χ2n) is 6.34. The van der Waals surface area contributed by atoms with Crippen LogP contribution in [0.3, 0.4) is 0 Å². The van der Waals surface area contributed by atoms with Gasteiger partial charge in [-0.15, -0.1) is 0 Å². The molecule has 2 amide bonds. The number of hydrogen-bond acceptors (Lipinski definition) is 5. The maximum Gasteiger partial charge on any atom is 0.407 e. The first-order valence-corrected chi connectivity index (χ1v) is 8.73. The Morgan fingerprint density at radius 1 is 0.964 bits per heavy atom. The molecule has 146 valence electrons. The van der Waals surface area contributed by atoms with Gasteiger partial charge in [-0.05, 0) is 22.3 Å². The lowest BCUT2D eigenvalue weighted by Gasteiger charge is -2.14. The first-order valence-electron chi connectivity index (χ1n) is 8.73. The minimum Gasteiger partial charge on any atom is -0.479 e. The first kappa shape index (κ1) is 19.4. The SMILES string of the molecule is O=C(CNC(=O)OCC1c2ccccc2-c2ccccc21)NCC(O)C(=O)O. The van der Waals surface area contributed by atoms with Gasteiger partial charge in [0.15, 0.2) is 6.10 Å². The van der Waals surface area contributed by atoms with E-state index in [1.54, 1.807) is 0 Å². The summed E-state index contributed by atoms with van der Waals surface area (Å²) in [6.07, 6.45) is -2.45. The number of hydrogen-bond donors (Lipinski definition) is 4. The number of nitrogens with one attached hydrogen (secondary N) is 2. The molecule has 2 aromatic carbocycles. The summed E-state index contributed by atoms with van der Waals surface area (Å²) in [4.78, 5) is 34.0.